The number of piperidine rings is 1. The summed E-state index contributed by atoms with van der Waals surface area (Å²) < 4.78 is 7.82. The zero-order valence-corrected chi connectivity index (χ0v) is 16.1. The van der Waals surface area contributed by atoms with E-state index in [1.165, 1.54) is 0 Å². The van der Waals surface area contributed by atoms with Crippen LogP contribution in [0, 0.1) is 0 Å². The number of carbonyl (C=O) groups is 1. The first-order chi connectivity index (χ1) is 13.7. The normalized spacial score (nSPS) is 17.2. The summed E-state index contributed by atoms with van der Waals surface area (Å²) in [5, 5.41) is 0. The second kappa shape index (κ2) is 8.48. The third-order valence-corrected chi connectivity index (χ3v) is 5.00. The molecule has 7 heteroatoms. The number of pyridine rings is 2. The molecule has 1 atom stereocenters. The fourth-order valence-electron chi connectivity index (χ4n) is 3.60. The Balaban J connectivity index is 1.49. The first-order valence-electron chi connectivity index (χ1n) is 9.85. The van der Waals surface area contributed by atoms with Crippen molar-refractivity contribution in [3.63, 3.8) is 0 Å². The van der Waals surface area contributed by atoms with Crippen LogP contribution in [0.4, 0.5) is 0 Å². The lowest BCUT2D eigenvalue weighted by molar-refractivity contribution is 0.00210. The van der Waals surface area contributed by atoms with Crippen molar-refractivity contribution in [1.29, 1.82) is 0 Å². The summed E-state index contributed by atoms with van der Waals surface area (Å²) in [4.78, 5) is 27.9. The van der Waals surface area contributed by atoms with Crippen LogP contribution in [-0.4, -0.2) is 56.1 Å². The quantitative estimate of drug-likeness (QED) is 0.658. The van der Waals surface area contributed by atoms with Crippen LogP contribution in [0.3, 0.4) is 0 Å². The molecule has 0 aliphatic carbocycles. The molecule has 1 unspecified atom stereocenters. The van der Waals surface area contributed by atoms with E-state index >= 15 is 0 Å². The molecule has 3 aromatic rings. The van der Waals surface area contributed by atoms with Crippen LogP contribution >= 0.6 is 0 Å². The summed E-state index contributed by atoms with van der Waals surface area (Å²) in [6, 6.07) is 5.76. The van der Waals surface area contributed by atoms with Crippen molar-refractivity contribution in [2.24, 2.45) is 0 Å². The third kappa shape index (κ3) is 4.04. The van der Waals surface area contributed by atoms with Gasteiger partial charge in [-0.25, -0.2) is 9.97 Å². The predicted molar refractivity (Wildman–Crippen MR) is 106 cm³/mol. The number of nitrogens with zero attached hydrogens (tertiary/aromatic N) is 5. The lowest BCUT2D eigenvalue weighted by Gasteiger charge is -2.32. The van der Waals surface area contributed by atoms with E-state index in [2.05, 4.69) is 21.9 Å². The molecule has 1 amide bonds. The molecular weight excluding hydrogens is 354 g/mol. The van der Waals surface area contributed by atoms with E-state index in [9.17, 15) is 4.79 Å². The van der Waals surface area contributed by atoms with Gasteiger partial charge in [0.1, 0.15) is 5.52 Å². The number of hydrogen-bond acceptors (Lipinski definition) is 5. The summed E-state index contributed by atoms with van der Waals surface area (Å²) in [6.07, 6.45) is 10.1. The largest absolute Gasteiger partial charge is 0.376 e. The third-order valence-electron chi connectivity index (χ3n) is 5.00. The zero-order valence-electron chi connectivity index (χ0n) is 16.1. The molecule has 28 heavy (non-hydrogen) atoms. The molecule has 1 fully saturated rings. The predicted octanol–water partition coefficient (Wildman–Crippen LogP) is 2.91. The highest BCUT2D eigenvalue weighted by Gasteiger charge is 2.25. The van der Waals surface area contributed by atoms with Crippen LogP contribution in [0.5, 0.6) is 0 Å². The smallest absolute Gasteiger partial charge is 0.255 e. The van der Waals surface area contributed by atoms with Crippen LogP contribution in [0.2, 0.25) is 0 Å². The minimum Gasteiger partial charge on any atom is -0.376 e. The number of ether oxygens (including phenoxy) is 1. The Morgan fingerprint density at radius 1 is 1.32 bits per heavy atom. The number of hydrogen-bond donors (Lipinski definition) is 0. The number of amides is 1. The minimum atomic E-state index is 0.000933. The molecule has 4 heterocycles. The van der Waals surface area contributed by atoms with E-state index in [0.717, 1.165) is 49.1 Å². The molecule has 0 N–H and O–H groups in total. The van der Waals surface area contributed by atoms with Gasteiger partial charge in [-0.2, -0.15) is 0 Å². The van der Waals surface area contributed by atoms with E-state index < -0.39 is 0 Å². The van der Waals surface area contributed by atoms with E-state index in [0.29, 0.717) is 18.7 Å². The summed E-state index contributed by atoms with van der Waals surface area (Å²) in [5.74, 6) is 0.000933. The Hall–Kier alpha value is -2.80. The van der Waals surface area contributed by atoms with Gasteiger partial charge in [0.05, 0.1) is 24.5 Å². The first-order valence-corrected chi connectivity index (χ1v) is 9.85. The molecule has 0 radical (unpaired) electrons. The lowest BCUT2D eigenvalue weighted by atomic mass is 10.1. The number of likely N-dealkylation sites (tertiary alicyclic amines) is 1. The van der Waals surface area contributed by atoms with Gasteiger partial charge in [0.2, 0.25) is 0 Å². The molecule has 1 saturated heterocycles. The Kier molecular flexibility index (Phi) is 5.62. The monoisotopic (exact) mass is 379 g/mol. The second-order valence-corrected chi connectivity index (χ2v) is 7.19. The Bertz CT molecular complexity index is 940. The van der Waals surface area contributed by atoms with Crippen LogP contribution < -0.4 is 0 Å². The van der Waals surface area contributed by atoms with Gasteiger partial charge >= 0.3 is 0 Å². The van der Waals surface area contributed by atoms with E-state index in [4.69, 9.17) is 4.74 Å². The van der Waals surface area contributed by atoms with Crippen molar-refractivity contribution in [1.82, 2.24) is 24.4 Å². The van der Waals surface area contributed by atoms with E-state index in [1.807, 2.05) is 33.9 Å². The van der Waals surface area contributed by atoms with Gasteiger partial charge in [0, 0.05) is 38.3 Å². The number of aromatic nitrogens is 4. The van der Waals surface area contributed by atoms with Gasteiger partial charge in [0.15, 0.2) is 5.65 Å². The maximum Gasteiger partial charge on any atom is 0.255 e. The molecule has 3 aromatic heterocycles. The molecule has 0 spiro atoms. The highest BCUT2D eigenvalue weighted by atomic mass is 16.5. The van der Waals surface area contributed by atoms with Crippen molar-refractivity contribution < 1.29 is 9.53 Å². The standard InChI is InChI=1S/C21H25N5O2/c1-2-9-28-18-6-4-8-25(14-18)21(27)17-10-19-20(23-12-17)26(15-24-19)13-16-5-3-7-22-11-16/h3,5,7,10-12,15,18H,2,4,6,8-9,13-14H2,1H3. The SMILES string of the molecule is CCCOC1CCCN(C(=O)c2cnc3c(c2)ncn3Cc2cccnc2)C1. The van der Waals surface area contributed by atoms with Crippen molar-refractivity contribution in [2.75, 3.05) is 19.7 Å². The Labute approximate surface area is 164 Å². The van der Waals surface area contributed by atoms with Gasteiger partial charge in [-0.1, -0.05) is 13.0 Å². The van der Waals surface area contributed by atoms with Crippen LogP contribution in [0.1, 0.15) is 42.1 Å². The molecule has 146 valence electrons. The fraction of sp³-hybridized carbons (Fsp3) is 0.429. The molecule has 0 bridgehead atoms. The summed E-state index contributed by atoms with van der Waals surface area (Å²) in [6.45, 7) is 4.90. The number of imidazole rings is 1. The number of carbonyl (C=O) groups excluding carboxylic acids is 1. The fourth-order valence-corrected chi connectivity index (χ4v) is 3.60. The Morgan fingerprint density at radius 3 is 3.07 bits per heavy atom. The number of fused-ring (bicyclic) bond motifs is 1. The molecule has 1 aliphatic heterocycles. The lowest BCUT2D eigenvalue weighted by Crippen LogP contribution is -2.43. The van der Waals surface area contributed by atoms with Gasteiger partial charge < -0.3 is 14.2 Å². The van der Waals surface area contributed by atoms with Gasteiger partial charge in [0.25, 0.3) is 5.91 Å². The minimum absolute atomic E-state index is 0.000933. The van der Waals surface area contributed by atoms with Crippen LogP contribution in [-0.2, 0) is 11.3 Å². The van der Waals surface area contributed by atoms with Crippen molar-refractivity contribution in [3.05, 3.63) is 54.2 Å². The summed E-state index contributed by atoms with van der Waals surface area (Å²) in [5.41, 5.74) is 3.15. The van der Waals surface area contributed by atoms with E-state index in [-0.39, 0.29) is 12.0 Å². The van der Waals surface area contributed by atoms with Gasteiger partial charge in [-0.05, 0) is 37.0 Å². The van der Waals surface area contributed by atoms with Crippen molar-refractivity contribution in [3.8, 4) is 0 Å². The zero-order chi connectivity index (χ0) is 19.3. The summed E-state index contributed by atoms with van der Waals surface area (Å²) in [7, 11) is 0. The highest BCUT2D eigenvalue weighted by molar-refractivity contribution is 5.96. The maximum absolute atomic E-state index is 12.9. The molecule has 1 aliphatic rings. The summed E-state index contributed by atoms with van der Waals surface area (Å²) >= 11 is 0. The van der Waals surface area contributed by atoms with Crippen molar-refractivity contribution in [2.45, 2.75) is 38.8 Å². The number of rotatable bonds is 6. The topological polar surface area (TPSA) is 73.1 Å². The molecular formula is C21H25N5O2. The van der Waals surface area contributed by atoms with Gasteiger partial charge in [-0.15, -0.1) is 0 Å². The second-order valence-electron chi connectivity index (χ2n) is 7.19. The molecule has 7 nitrogen and oxygen atoms in total. The highest BCUT2D eigenvalue weighted by Crippen LogP contribution is 2.19. The first kappa shape index (κ1) is 18.6. The van der Waals surface area contributed by atoms with Gasteiger partial charge in [-0.3, -0.25) is 9.78 Å². The van der Waals surface area contributed by atoms with E-state index in [1.54, 1.807) is 18.7 Å². The maximum atomic E-state index is 12.9. The van der Waals surface area contributed by atoms with Crippen molar-refractivity contribution >= 4 is 17.1 Å². The Morgan fingerprint density at radius 2 is 2.25 bits per heavy atom. The average Bonchev–Trinajstić information content (AvgIpc) is 3.14. The molecule has 0 saturated carbocycles. The van der Waals surface area contributed by atoms with Crippen LogP contribution in [0.25, 0.3) is 11.2 Å². The molecule has 0 aromatic carbocycles. The molecule has 4 rings (SSSR count). The average molecular weight is 379 g/mol. The van der Waals surface area contributed by atoms with Crippen LogP contribution in [0.15, 0.2) is 43.1 Å².